The SMILES string of the molecule is CC(C)[C@H](NC(=O)CCOCCOCCOCCOCCN=[N+]=[N-])C(=O)NC(CCCNC(N)=O)C(=O)NCOCc1ccccc1. The second-order valence-corrected chi connectivity index (χ2v) is 10.5. The van der Waals surface area contributed by atoms with Gasteiger partial charge >= 0.3 is 6.03 Å². The highest BCUT2D eigenvalue weighted by atomic mass is 16.6. The number of benzene rings is 1. The number of ether oxygens (including phenoxy) is 5. The molecule has 0 heterocycles. The van der Waals surface area contributed by atoms with Crippen molar-refractivity contribution in [2.24, 2.45) is 16.8 Å². The van der Waals surface area contributed by atoms with E-state index in [-0.39, 0.29) is 57.7 Å². The van der Waals surface area contributed by atoms with Crippen LogP contribution in [0, 0.1) is 5.92 Å². The summed E-state index contributed by atoms with van der Waals surface area (Å²) in [6, 6.07) is 6.94. The van der Waals surface area contributed by atoms with E-state index in [2.05, 4.69) is 31.3 Å². The van der Waals surface area contributed by atoms with Crippen molar-refractivity contribution in [2.45, 2.75) is 51.8 Å². The van der Waals surface area contributed by atoms with Gasteiger partial charge in [-0.25, -0.2) is 4.79 Å². The van der Waals surface area contributed by atoms with Gasteiger partial charge in [0.15, 0.2) is 0 Å². The summed E-state index contributed by atoms with van der Waals surface area (Å²) >= 11 is 0. The van der Waals surface area contributed by atoms with Gasteiger partial charge in [0.2, 0.25) is 17.7 Å². The summed E-state index contributed by atoms with van der Waals surface area (Å²) in [5.41, 5.74) is 14.2. The number of primary amides is 1. The van der Waals surface area contributed by atoms with Crippen LogP contribution in [0.2, 0.25) is 0 Å². The Morgan fingerprint density at radius 2 is 1.45 bits per heavy atom. The number of nitrogens with zero attached hydrogens (tertiary/aromatic N) is 3. The molecule has 6 N–H and O–H groups in total. The summed E-state index contributed by atoms with van der Waals surface area (Å²) in [7, 11) is 0. The van der Waals surface area contributed by atoms with Crippen LogP contribution in [0.25, 0.3) is 10.4 Å². The lowest BCUT2D eigenvalue weighted by molar-refractivity contribution is -0.134. The van der Waals surface area contributed by atoms with Gasteiger partial charge in [-0.1, -0.05) is 49.3 Å². The Kier molecular flexibility index (Phi) is 23.7. The molecule has 1 rings (SSSR count). The van der Waals surface area contributed by atoms with E-state index >= 15 is 0 Å². The summed E-state index contributed by atoms with van der Waals surface area (Å²) in [6.45, 7) is 6.91. The standard InChI is InChI=1S/C30H50N8O9/c1-23(2)27(37-26(39)10-13-43-15-17-45-19-20-46-18-16-44-14-12-35-38-32)29(41)36-25(9-6-11-33-30(31)42)28(40)34-22-47-21-24-7-4-3-5-8-24/h3-5,7-8,23,25,27H,6,9-22H2,1-2H3,(H,34,40)(H,36,41)(H,37,39)(H3,31,33,42)/t25?,27-/m0/s1. The van der Waals surface area contributed by atoms with Crippen molar-refractivity contribution in [3.05, 3.63) is 46.3 Å². The first kappa shape index (κ1) is 41.0. The third-order valence-electron chi connectivity index (χ3n) is 6.32. The lowest BCUT2D eigenvalue weighted by Gasteiger charge is -2.25. The average Bonchev–Trinajstić information content (AvgIpc) is 3.05. The molecule has 264 valence electrons. The smallest absolute Gasteiger partial charge is 0.312 e. The minimum Gasteiger partial charge on any atom is -0.379 e. The van der Waals surface area contributed by atoms with E-state index in [4.69, 9.17) is 34.9 Å². The third-order valence-corrected chi connectivity index (χ3v) is 6.32. The molecule has 47 heavy (non-hydrogen) atoms. The Morgan fingerprint density at radius 3 is 2.04 bits per heavy atom. The number of amides is 5. The molecule has 0 aliphatic heterocycles. The van der Waals surface area contributed by atoms with Crippen LogP contribution in [0.4, 0.5) is 4.79 Å². The number of rotatable bonds is 28. The maximum atomic E-state index is 13.2. The number of carbonyl (C=O) groups excluding carboxylic acids is 4. The molecule has 0 radical (unpaired) electrons. The average molecular weight is 667 g/mol. The van der Waals surface area contributed by atoms with Gasteiger partial charge in [0.1, 0.15) is 18.8 Å². The Morgan fingerprint density at radius 1 is 0.830 bits per heavy atom. The fraction of sp³-hybridized carbons (Fsp3) is 0.667. The van der Waals surface area contributed by atoms with E-state index < -0.39 is 29.9 Å². The molecule has 17 heteroatoms. The normalized spacial score (nSPS) is 12.1. The van der Waals surface area contributed by atoms with Crippen molar-refractivity contribution < 1.29 is 42.9 Å². The number of urea groups is 1. The molecule has 1 aromatic rings. The first-order valence-corrected chi connectivity index (χ1v) is 15.6. The molecule has 1 unspecified atom stereocenters. The van der Waals surface area contributed by atoms with Crippen LogP contribution in [-0.4, -0.2) is 109 Å². The first-order valence-electron chi connectivity index (χ1n) is 15.6. The number of hydrogen-bond acceptors (Lipinski definition) is 10. The highest BCUT2D eigenvalue weighted by molar-refractivity contribution is 5.92. The summed E-state index contributed by atoms with van der Waals surface area (Å²) < 4.78 is 27.0. The molecule has 0 saturated carbocycles. The molecule has 0 saturated heterocycles. The fourth-order valence-corrected chi connectivity index (χ4v) is 3.89. The topological polar surface area (TPSA) is 237 Å². The van der Waals surface area contributed by atoms with Crippen LogP contribution in [0.15, 0.2) is 35.4 Å². The second kappa shape index (κ2) is 27.2. The van der Waals surface area contributed by atoms with Crippen molar-refractivity contribution in [1.29, 1.82) is 0 Å². The lowest BCUT2D eigenvalue weighted by atomic mass is 10.0. The molecule has 0 aromatic heterocycles. The zero-order valence-corrected chi connectivity index (χ0v) is 27.3. The number of nitrogens with one attached hydrogen (secondary N) is 4. The number of carbonyl (C=O) groups is 4. The molecule has 2 atom stereocenters. The zero-order chi connectivity index (χ0) is 34.5. The summed E-state index contributed by atoms with van der Waals surface area (Å²) in [6.07, 6.45) is 0.613. The molecule has 0 bridgehead atoms. The Balaban J connectivity index is 2.39. The molecule has 1 aromatic carbocycles. The maximum absolute atomic E-state index is 13.2. The Bertz CT molecular complexity index is 1070. The molecule has 5 amide bonds. The van der Waals surface area contributed by atoms with Gasteiger partial charge in [-0.05, 0) is 29.9 Å². The van der Waals surface area contributed by atoms with Crippen molar-refractivity contribution in [1.82, 2.24) is 21.3 Å². The van der Waals surface area contributed by atoms with Crippen molar-refractivity contribution in [3.8, 4) is 0 Å². The van der Waals surface area contributed by atoms with E-state index in [0.29, 0.717) is 52.7 Å². The monoisotopic (exact) mass is 666 g/mol. The van der Waals surface area contributed by atoms with Gasteiger partial charge in [-0.2, -0.15) is 0 Å². The van der Waals surface area contributed by atoms with E-state index in [1.54, 1.807) is 13.8 Å². The van der Waals surface area contributed by atoms with Crippen LogP contribution >= 0.6 is 0 Å². The number of nitrogens with two attached hydrogens (primary N) is 1. The van der Waals surface area contributed by atoms with Crippen molar-refractivity contribution in [3.63, 3.8) is 0 Å². The lowest BCUT2D eigenvalue weighted by Crippen LogP contribution is -2.55. The fourth-order valence-electron chi connectivity index (χ4n) is 3.89. The molecular weight excluding hydrogens is 616 g/mol. The van der Waals surface area contributed by atoms with Gasteiger partial charge in [-0.3, -0.25) is 14.4 Å². The van der Waals surface area contributed by atoms with Gasteiger partial charge in [0.05, 0.1) is 59.5 Å². The predicted molar refractivity (Wildman–Crippen MR) is 172 cm³/mol. The van der Waals surface area contributed by atoms with Crippen molar-refractivity contribution in [2.75, 3.05) is 72.7 Å². The van der Waals surface area contributed by atoms with Crippen LogP contribution in [0.3, 0.4) is 0 Å². The summed E-state index contributed by atoms with van der Waals surface area (Å²) in [5.74, 6) is -1.63. The highest BCUT2D eigenvalue weighted by Crippen LogP contribution is 2.06. The van der Waals surface area contributed by atoms with E-state index in [9.17, 15) is 19.2 Å². The quantitative estimate of drug-likeness (QED) is 0.0283. The van der Waals surface area contributed by atoms with E-state index in [0.717, 1.165) is 5.56 Å². The molecule has 0 aliphatic rings. The molecule has 17 nitrogen and oxygen atoms in total. The van der Waals surface area contributed by atoms with Crippen LogP contribution in [0.1, 0.15) is 38.7 Å². The largest absolute Gasteiger partial charge is 0.379 e. The maximum Gasteiger partial charge on any atom is 0.312 e. The van der Waals surface area contributed by atoms with Crippen LogP contribution in [-0.2, 0) is 44.7 Å². The summed E-state index contributed by atoms with van der Waals surface area (Å²) in [5, 5.41) is 13.9. The number of hydrogen-bond donors (Lipinski definition) is 5. The first-order chi connectivity index (χ1) is 22.7. The van der Waals surface area contributed by atoms with E-state index in [1.165, 1.54) is 0 Å². The van der Waals surface area contributed by atoms with E-state index in [1.807, 2.05) is 30.3 Å². The van der Waals surface area contributed by atoms with Gasteiger partial charge in [0.25, 0.3) is 0 Å². The van der Waals surface area contributed by atoms with Gasteiger partial charge in [0, 0.05) is 24.4 Å². The minimum atomic E-state index is -0.937. The highest BCUT2D eigenvalue weighted by Gasteiger charge is 2.28. The Hall–Kier alpha value is -3.99. The predicted octanol–water partition coefficient (Wildman–Crippen LogP) is 1.12. The van der Waals surface area contributed by atoms with Gasteiger partial charge < -0.3 is 50.7 Å². The summed E-state index contributed by atoms with van der Waals surface area (Å²) in [4.78, 5) is 52.4. The zero-order valence-electron chi connectivity index (χ0n) is 27.3. The van der Waals surface area contributed by atoms with Crippen LogP contribution in [0.5, 0.6) is 0 Å². The second-order valence-electron chi connectivity index (χ2n) is 10.5. The molecule has 0 fully saturated rings. The molecular formula is C30H50N8O9. The van der Waals surface area contributed by atoms with Gasteiger partial charge in [-0.15, -0.1) is 0 Å². The van der Waals surface area contributed by atoms with Crippen molar-refractivity contribution >= 4 is 23.8 Å². The number of azide groups is 1. The van der Waals surface area contributed by atoms with Crippen LogP contribution < -0.4 is 27.0 Å². The Labute approximate surface area is 275 Å². The third kappa shape index (κ3) is 22.2. The minimum absolute atomic E-state index is 0.0285. The molecule has 0 spiro atoms. The molecule has 0 aliphatic carbocycles.